The van der Waals surface area contributed by atoms with Crippen molar-refractivity contribution in [3.63, 3.8) is 0 Å². The molecule has 3 aromatic carbocycles. The summed E-state index contributed by atoms with van der Waals surface area (Å²) in [5.74, 6) is 0.922. The summed E-state index contributed by atoms with van der Waals surface area (Å²) in [6, 6.07) is 22.8. The van der Waals surface area contributed by atoms with Crippen LogP contribution >= 0.6 is 0 Å². The molecule has 0 radical (unpaired) electrons. The molecule has 202 valence electrons. The van der Waals surface area contributed by atoms with Gasteiger partial charge in [0.25, 0.3) is 10.0 Å². The van der Waals surface area contributed by atoms with Crippen LogP contribution in [0.1, 0.15) is 6.92 Å². The fourth-order valence-electron chi connectivity index (χ4n) is 4.49. The van der Waals surface area contributed by atoms with Gasteiger partial charge in [-0.15, -0.1) is 0 Å². The van der Waals surface area contributed by atoms with Gasteiger partial charge in [-0.2, -0.15) is 0 Å². The SMILES string of the molecule is CCOc1ccc(NC(=O)CN(c2ccc(N3CCOCC3)nc2)S(=O)(=O)c2cccc3ccccc23)cc1. The molecule has 2 heterocycles. The van der Waals surface area contributed by atoms with E-state index < -0.39 is 22.5 Å². The zero-order valence-electron chi connectivity index (χ0n) is 21.6. The number of carbonyl (C=O) groups excluding carboxylic acids is 1. The summed E-state index contributed by atoms with van der Waals surface area (Å²) < 4.78 is 40.2. The molecule has 0 bridgehead atoms. The molecule has 1 aliphatic heterocycles. The Bertz CT molecular complexity index is 1530. The van der Waals surface area contributed by atoms with Gasteiger partial charge in [-0.25, -0.2) is 13.4 Å². The first-order valence-corrected chi connectivity index (χ1v) is 14.2. The Hall–Kier alpha value is -4.15. The van der Waals surface area contributed by atoms with Crippen LogP contribution in [0.3, 0.4) is 0 Å². The van der Waals surface area contributed by atoms with Crippen LogP contribution in [0, 0.1) is 0 Å². The third kappa shape index (κ3) is 5.97. The molecule has 0 aliphatic carbocycles. The summed E-state index contributed by atoms with van der Waals surface area (Å²) in [6.07, 6.45) is 1.50. The number of fused-ring (bicyclic) bond motifs is 1. The van der Waals surface area contributed by atoms with Crippen LogP contribution < -0.4 is 19.3 Å². The van der Waals surface area contributed by atoms with Gasteiger partial charge in [0.05, 0.1) is 36.6 Å². The maximum absolute atomic E-state index is 14.1. The van der Waals surface area contributed by atoms with Gasteiger partial charge in [0.2, 0.25) is 5.91 Å². The predicted molar refractivity (Wildman–Crippen MR) is 152 cm³/mol. The highest BCUT2D eigenvalue weighted by Gasteiger charge is 2.29. The summed E-state index contributed by atoms with van der Waals surface area (Å²) >= 11 is 0. The van der Waals surface area contributed by atoms with Crippen molar-refractivity contribution in [1.82, 2.24) is 4.98 Å². The molecule has 1 N–H and O–H groups in total. The minimum Gasteiger partial charge on any atom is -0.494 e. The molecule has 1 fully saturated rings. The molecular weight excluding hydrogens is 516 g/mol. The standard InChI is InChI=1S/C29H30N4O5S/c1-2-38-25-13-10-23(11-14-25)31-29(34)21-33(24-12-15-28(30-20-24)32-16-18-37-19-17-32)39(35,36)27-9-5-7-22-6-3-4-8-26(22)27/h3-15,20H,2,16-19,21H2,1H3,(H,31,34). The van der Waals surface area contributed by atoms with Gasteiger partial charge < -0.3 is 19.7 Å². The van der Waals surface area contributed by atoms with E-state index in [1.165, 1.54) is 6.20 Å². The Morgan fingerprint density at radius 3 is 2.46 bits per heavy atom. The van der Waals surface area contributed by atoms with Crippen LogP contribution in [0.4, 0.5) is 17.2 Å². The Kier molecular flexibility index (Phi) is 7.94. The zero-order valence-corrected chi connectivity index (χ0v) is 22.4. The summed E-state index contributed by atoms with van der Waals surface area (Å²) in [4.78, 5) is 19.9. The first-order chi connectivity index (χ1) is 19.0. The number of carbonyl (C=O) groups is 1. The number of benzene rings is 3. The number of nitrogens with zero attached hydrogens (tertiary/aromatic N) is 3. The summed E-state index contributed by atoms with van der Waals surface area (Å²) in [7, 11) is -4.14. The third-order valence-corrected chi connectivity index (χ3v) is 8.24. The van der Waals surface area contributed by atoms with E-state index in [2.05, 4.69) is 15.2 Å². The van der Waals surface area contributed by atoms with Crippen LogP contribution in [-0.4, -0.2) is 58.8 Å². The Labute approximate surface area is 228 Å². The van der Waals surface area contributed by atoms with Gasteiger partial charge in [-0.1, -0.05) is 36.4 Å². The first-order valence-electron chi connectivity index (χ1n) is 12.8. The van der Waals surface area contributed by atoms with E-state index in [0.29, 0.717) is 55.4 Å². The molecule has 0 saturated carbocycles. The Morgan fingerprint density at radius 2 is 1.74 bits per heavy atom. The van der Waals surface area contributed by atoms with Crippen molar-refractivity contribution in [3.8, 4) is 5.75 Å². The highest BCUT2D eigenvalue weighted by Crippen LogP contribution is 2.30. The number of hydrogen-bond donors (Lipinski definition) is 1. The molecule has 0 spiro atoms. The van der Waals surface area contributed by atoms with E-state index in [4.69, 9.17) is 9.47 Å². The number of nitrogens with one attached hydrogen (secondary N) is 1. The van der Waals surface area contributed by atoms with Crippen molar-refractivity contribution in [2.24, 2.45) is 0 Å². The molecule has 39 heavy (non-hydrogen) atoms. The maximum atomic E-state index is 14.1. The molecule has 9 nitrogen and oxygen atoms in total. The van der Waals surface area contributed by atoms with Crippen LogP contribution in [0.15, 0.2) is 90.0 Å². The van der Waals surface area contributed by atoms with Crippen LogP contribution in [0.5, 0.6) is 5.75 Å². The summed E-state index contributed by atoms with van der Waals surface area (Å²) in [5.41, 5.74) is 0.827. The largest absolute Gasteiger partial charge is 0.494 e. The van der Waals surface area contributed by atoms with Crippen molar-refractivity contribution in [2.45, 2.75) is 11.8 Å². The van der Waals surface area contributed by atoms with Gasteiger partial charge in [0, 0.05) is 24.2 Å². The van der Waals surface area contributed by atoms with Gasteiger partial charge >= 0.3 is 0 Å². The van der Waals surface area contributed by atoms with Crippen molar-refractivity contribution in [1.29, 1.82) is 0 Å². The van der Waals surface area contributed by atoms with E-state index in [0.717, 1.165) is 15.5 Å². The number of sulfonamides is 1. The van der Waals surface area contributed by atoms with Crippen molar-refractivity contribution < 1.29 is 22.7 Å². The minimum atomic E-state index is -4.14. The molecule has 0 atom stereocenters. The smallest absolute Gasteiger partial charge is 0.265 e. The second-order valence-electron chi connectivity index (χ2n) is 8.97. The third-order valence-electron chi connectivity index (χ3n) is 6.41. The normalized spacial score (nSPS) is 13.7. The fraction of sp³-hybridized carbons (Fsp3) is 0.241. The lowest BCUT2D eigenvalue weighted by atomic mass is 10.1. The van der Waals surface area contributed by atoms with Crippen LogP contribution in [-0.2, 0) is 19.6 Å². The monoisotopic (exact) mass is 546 g/mol. The highest BCUT2D eigenvalue weighted by molar-refractivity contribution is 7.93. The van der Waals surface area contributed by atoms with E-state index in [1.54, 1.807) is 60.7 Å². The highest BCUT2D eigenvalue weighted by atomic mass is 32.2. The second-order valence-corrected chi connectivity index (χ2v) is 10.8. The van der Waals surface area contributed by atoms with Gasteiger partial charge in [-0.3, -0.25) is 9.10 Å². The number of aromatic nitrogens is 1. The van der Waals surface area contributed by atoms with Crippen LogP contribution in [0.2, 0.25) is 0 Å². The van der Waals surface area contributed by atoms with Crippen molar-refractivity contribution in [2.75, 3.05) is 54.0 Å². The van der Waals surface area contributed by atoms with E-state index in [9.17, 15) is 13.2 Å². The maximum Gasteiger partial charge on any atom is 0.265 e. The molecule has 1 aliphatic rings. The number of morpholine rings is 1. The van der Waals surface area contributed by atoms with Gasteiger partial charge in [0.15, 0.2) is 0 Å². The quantitative estimate of drug-likeness (QED) is 0.334. The Balaban J connectivity index is 1.47. The lowest BCUT2D eigenvalue weighted by molar-refractivity contribution is -0.114. The average molecular weight is 547 g/mol. The number of rotatable bonds is 9. The Morgan fingerprint density at radius 1 is 1.00 bits per heavy atom. The predicted octanol–water partition coefficient (Wildman–Crippen LogP) is 4.30. The van der Waals surface area contributed by atoms with Gasteiger partial charge in [-0.05, 0) is 54.8 Å². The average Bonchev–Trinajstić information content (AvgIpc) is 2.97. The first kappa shape index (κ1) is 26.5. The molecule has 0 unspecified atom stereocenters. The number of amides is 1. The van der Waals surface area contributed by atoms with E-state index in [-0.39, 0.29) is 4.90 Å². The van der Waals surface area contributed by atoms with E-state index in [1.807, 2.05) is 25.1 Å². The second kappa shape index (κ2) is 11.7. The number of hydrogen-bond acceptors (Lipinski definition) is 7. The molecular formula is C29H30N4O5S. The molecule has 1 aromatic heterocycles. The number of anilines is 3. The molecule has 5 rings (SSSR count). The lowest BCUT2D eigenvalue weighted by Gasteiger charge is -2.29. The van der Waals surface area contributed by atoms with Gasteiger partial charge in [0.1, 0.15) is 18.1 Å². The minimum absolute atomic E-state index is 0.117. The summed E-state index contributed by atoms with van der Waals surface area (Å²) in [5, 5.41) is 4.16. The van der Waals surface area contributed by atoms with Crippen molar-refractivity contribution in [3.05, 3.63) is 85.1 Å². The van der Waals surface area contributed by atoms with Crippen LogP contribution in [0.25, 0.3) is 10.8 Å². The topological polar surface area (TPSA) is 101 Å². The molecule has 1 saturated heterocycles. The molecule has 4 aromatic rings. The fourth-order valence-corrected chi connectivity index (χ4v) is 6.12. The van der Waals surface area contributed by atoms with Crippen molar-refractivity contribution >= 4 is 43.9 Å². The molecule has 1 amide bonds. The van der Waals surface area contributed by atoms with E-state index >= 15 is 0 Å². The zero-order chi connectivity index (χ0) is 27.2. The lowest BCUT2D eigenvalue weighted by Crippen LogP contribution is -2.39. The number of pyridine rings is 1. The molecule has 10 heteroatoms. The number of ether oxygens (including phenoxy) is 2. The summed E-state index contributed by atoms with van der Waals surface area (Å²) in [6.45, 7) is 4.61.